The van der Waals surface area contributed by atoms with Gasteiger partial charge in [-0.1, -0.05) is 142 Å². The quantitative estimate of drug-likeness (QED) is 0.145. The average Bonchev–Trinajstić information content (AvgIpc) is 3.87. The number of carbonyl (C=O) groups is 6. The lowest BCUT2D eigenvalue weighted by Gasteiger charge is -2.27. The largest absolute Gasteiger partial charge is 0.548 e. The van der Waals surface area contributed by atoms with E-state index in [4.69, 9.17) is 0 Å². The molecule has 59 heavy (non-hydrogen) atoms. The standard InChI is InChI=1S/2C22H23NO4S2.CH4/c2*1-15(14-28-22(27)16-8-4-2-5-9-16)20(24)23-13-18(12-19(23)21(25)26)29-17-10-6-3-7-11-17;/h2*2-11,15,18-19H,12-14H2,1H3,(H,25,26);1H4/p-2/t2*15-,18+,19+;/m11./s1. The second-order valence-electron chi connectivity index (χ2n) is 14.0. The first-order valence-electron chi connectivity index (χ1n) is 18.8. The highest BCUT2D eigenvalue weighted by Gasteiger charge is 2.39. The van der Waals surface area contributed by atoms with Crippen LogP contribution in [0.4, 0.5) is 0 Å². The maximum atomic E-state index is 12.9. The predicted molar refractivity (Wildman–Crippen MR) is 234 cm³/mol. The Kier molecular flexibility index (Phi) is 18.7. The monoisotopic (exact) mass is 872 g/mol. The summed E-state index contributed by atoms with van der Waals surface area (Å²) in [7, 11) is 0. The van der Waals surface area contributed by atoms with Crippen LogP contribution in [0.25, 0.3) is 0 Å². The van der Waals surface area contributed by atoms with Crippen LogP contribution in [-0.4, -0.2) is 91.0 Å². The normalized spacial score (nSPS) is 19.4. The summed E-state index contributed by atoms with van der Waals surface area (Å²) in [6, 6.07) is 35.4. The maximum absolute atomic E-state index is 12.9. The Balaban J connectivity index is 0.000000256. The molecule has 2 fully saturated rings. The summed E-state index contributed by atoms with van der Waals surface area (Å²) in [6.07, 6.45) is 0.715. The van der Waals surface area contributed by atoms with E-state index < -0.39 is 35.9 Å². The zero-order chi connectivity index (χ0) is 41.6. The molecule has 10 nitrogen and oxygen atoms in total. The summed E-state index contributed by atoms with van der Waals surface area (Å²) >= 11 is 5.32. The highest BCUT2D eigenvalue weighted by Crippen LogP contribution is 2.35. The van der Waals surface area contributed by atoms with Crippen molar-refractivity contribution in [3.8, 4) is 0 Å². The molecule has 4 aromatic rings. The number of carbonyl (C=O) groups excluding carboxylic acids is 6. The molecule has 2 aliphatic heterocycles. The molecule has 2 aliphatic rings. The van der Waals surface area contributed by atoms with Crippen LogP contribution in [0.15, 0.2) is 131 Å². The number of amides is 2. The van der Waals surface area contributed by atoms with Crippen LogP contribution in [0.5, 0.6) is 0 Å². The van der Waals surface area contributed by atoms with Crippen LogP contribution >= 0.6 is 47.0 Å². The number of nitrogens with zero attached hydrogens (tertiary/aromatic N) is 2. The van der Waals surface area contributed by atoms with Gasteiger partial charge in [-0.3, -0.25) is 19.2 Å². The fourth-order valence-corrected chi connectivity index (χ4v) is 10.6. The molecule has 2 heterocycles. The summed E-state index contributed by atoms with van der Waals surface area (Å²) in [5, 5.41) is 23.0. The molecule has 0 spiro atoms. The van der Waals surface area contributed by atoms with Crippen LogP contribution < -0.4 is 10.2 Å². The third-order valence-electron chi connectivity index (χ3n) is 9.52. The second-order valence-corrected chi connectivity index (χ2v) is 18.7. The Bertz CT molecular complexity index is 1860. The van der Waals surface area contributed by atoms with Crippen LogP contribution in [0.3, 0.4) is 0 Å². The molecule has 6 atom stereocenters. The van der Waals surface area contributed by atoms with E-state index in [-0.39, 0.29) is 40.0 Å². The Morgan fingerprint density at radius 3 is 1.15 bits per heavy atom. The molecule has 0 aromatic heterocycles. The first kappa shape index (κ1) is 47.2. The molecule has 14 heteroatoms. The number of carboxylic acids is 2. The lowest BCUT2D eigenvalue weighted by Crippen LogP contribution is -2.48. The predicted octanol–water partition coefficient (Wildman–Crippen LogP) is 6.05. The van der Waals surface area contributed by atoms with Crippen molar-refractivity contribution in [2.24, 2.45) is 11.8 Å². The van der Waals surface area contributed by atoms with Crippen molar-refractivity contribution in [1.82, 2.24) is 9.80 Å². The summed E-state index contributed by atoms with van der Waals surface area (Å²) in [4.78, 5) is 78.5. The number of likely N-dealkylation sites (tertiary alicyclic amines) is 2. The van der Waals surface area contributed by atoms with E-state index >= 15 is 0 Å². The fourth-order valence-electron chi connectivity index (χ4n) is 6.51. The van der Waals surface area contributed by atoms with Gasteiger partial charge in [0.15, 0.2) is 0 Å². The maximum Gasteiger partial charge on any atom is 0.226 e. The van der Waals surface area contributed by atoms with Crippen LogP contribution in [0.2, 0.25) is 0 Å². The summed E-state index contributed by atoms with van der Waals surface area (Å²) in [5.74, 6) is -3.26. The highest BCUT2D eigenvalue weighted by atomic mass is 32.2. The van der Waals surface area contributed by atoms with E-state index in [2.05, 4.69) is 0 Å². The molecule has 0 radical (unpaired) electrons. The lowest BCUT2D eigenvalue weighted by molar-refractivity contribution is -0.311. The molecule has 312 valence electrons. The van der Waals surface area contributed by atoms with E-state index in [0.29, 0.717) is 48.6 Å². The number of hydrogen-bond acceptors (Lipinski definition) is 12. The van der Waals surface area contributed by atoms with Gasteiger partial charge in [-0.15, -0.1) is 23.5 Å². The molecule has 4 aromatic carbocycles. The van der Waals surface area contributed by atoms with Crippen LogP contribution in [0, 0.1) is 11.8 Å². The van der Waals surface area contributed by atoms with E-state index in [9.17, 15) is 39.0 Å². The van der Waals surface area contributed by atoms with Gasteiger partial charge in [0.1, 0.15) is 0 Å². The van der Waals surface area contributed by atoms with Gasteiger partial charge in [-0.25, -0.2) is 0 Å². The zero-order valence-corrected chi connectivity index (χ0v) is 35.3. The minimum absolute atomic E-state index is 0. The third-order valence-corrected chi connectivity index (χ3v) is 14.3. The lowest BCUT2D eigenvalue weighted by atomic mass is 10.1. The van der Waals surface area contributed by atoms with E-state index in [1.807, 2.05) is 72.8 Å². The number of aliphatic carboxylic acids is 2. The third kappa shape index (κ3) is 13.8. The molecule has 0 bridgehead atoms. The first-order valence-corrected chi connectivity index (χ1v) is 22.5. The van der Waals surface area contributed by atoms with E-state index in [1.165, 1.54) is 9.80 Å². The Labute approximate surface area is 363 Å². The average molecular weight is 873 g/mol. The molecule has 2 saturated heterocycles. The number of hydrogen-bond donors (Lipinski definition) is 0. The van der Waals surface area contributed by atoms with Gasteiger partial charge in [-0.2, -0.15) is 0 Å². The molecule has 0 saturated carbocycles. The van der Waals surface area contributed by atoms with Gasteiger partial charge in [0.05, 0.1) is 24.0 Å². The van der Waals surface area contributed by atoms with Crippen molar-refractivity contribution in [1.29, 1.82) is 0 Å². The molecule has 0 unspecified atom stereocenters. The molecule has 6 rings (SSSR count). The van der Waals surface area contributed by atoms with Crippen LogP contribution in [0.1, 0.15) is 54.8 Å². The smallest absolute Gasteiger partial charge is 0.226 e. The number of benzene rings is 4. The Morgan fingerprint density at radius 1 is 0.542 bits per heavy atom. The topological polar surface area (TPSA) is 155 Å². The molecular weight excluding hydrogens is 825 g/mol. The molecular formula is C45H48N2O8S4-2. The summed E-state index contributed by atoms with van der Waals surface area (Å²) in [5.41, 5.74) is 1.18. The molecule has 0 aliphatic carbocycles. The number of thioether (sulfide) groups is 4. The van der Waals surface area contributed by atoms with Crippen LogP contribution in [-0.2, 0) is 19.2 Å². The van der Waals surface area contributed by atoms with Crippen molar-refractivity contribution in [2.75, 3.05) is 24.6 Å². The second kappa shape index (κ2) is 23.3. The Hall–Kier alpha value is -4.50. The van der Waals surface area contributed by atoms with Crippen molar-refractivity contribution in [3.05, 3.63) is 132 Å². The first-order chi connectivity index (χ1) is 27.9. The van der Waals surface area contributed by atoms with Crippen molar-refractivity contribution in [3.63, 3.8) is 0 Å². The minimum atomic E-state index is -1.23. The van der Waals surface area contributed by atoms with Crippen molar-refractivity contribution >= 4 is 81.0 Å². The van der Waals surface area contributed by atoms with Gasteiger partial charge < -0.3 is 29.6 Å². The summed E-state index contributed by atoms with van der Waals surface area (Å²) < 4.78 is 0. The number of carboxylic acid groups (broad SMARTS) is 2. The fraction of sp³-hybridized carbons (Fsp3) is 0.333. The number of rotatable bonds is 14. The minimum Gasteiger partial charge on any atom is -0.548 e. The van der Waals surface area contributed by atoms with Gasteiger partial charge in [-0.05, 0) is 37.1 Å². The van der Waals surface area contributed by atoms with Gasteiger partial charge in [0.2, 0.25) is 22.0 Å². The molecule has 2 amide bonds. The van der Waals surface area contributed by atoms with Crippen molar-refractivity contribution < 1.29 is 39.0 Å². The van der Waals surface area contributed by atoms with Crippen molar-refractivity contribution in [2.45, 2.75) is 66.5 Å². The van der Waals surface area contributed by atoms with Gasteiger partial charge >= 0.3 is 0 Å². The van der Waals surface area contributed by atoms with Gasteiger partial charge in [0.25, 0.3) is 0 Å². The SMILES string of the molecule is C.C[C@H](CSC(=O)c1ccccc1)C(=O)N1C[C@@H](Sc2ccccc2)C[C@H]1C(=O)[O-].C[C@H](CSC(=O)c1ccccc1)C(=O)N1C[C@@H](Sc2ccccc2)C[C@H]1C(=O)[O-]. The summed E-state index contributed by atoms with van der Waals surface area (Å²) in [6.45, 7) is 4.19. The molecule has 0 N–H and O–H groups in total. The van der Waals surface area contributed by atoms with E-state index in [0.717, 1.165) is 33.3 Å². The van der Waals surface area contributed by atoms with Gasteiger partial charge in [0, 0.05) is 67.8 Å². The zero-order valence-electron chi connectivity index (χ0n) is 32.0. The Morgan fingerprint density at radius 2 is 0.847 bits per heavy atom. The van der Waals surface area contributed by atoms with E-state index in [1.54, 1.807) is 85.9 Å². The highest BCUT2D eigenvalue weighted by molar-refractivity contribution is 8.14.